The standard InChI is InChI=1S/C12H16/c1-9(2)5-12-7-10(3)6-11(4)8-12/h5-8H,1-4H3. The van der Waals surface area contributed by atoms with Crippen LogP contribution in [0.15, 0.2) is 23.8 Å². The van der Waals surface area contributed by atoms with E-state index in [4.69, 9.17) is 0 Å². The third-order valence-corrected chi connectivity index (χ3v) is 1.70. The first-order valence-corrected chi connectivity index (χ1v) is 4.31. The first-order chi connectivity index (χ1) is 5.58. The smallest absolute Gasteiger partial charge is 0.0252 e. The summed E-state index contributed by atoms with van der Waals surface area (Å²) in [6.07, 6.45) is 2.21. The van der Waals surface area contributed by atoms with Gasteiger partial charge in [0.2, 0.25) is 0 Å². The Balaban J connectivity index is 3.09. The van der Waals surface area contributed by atoms with Crippen molar-refractivity contribution < 1.29 is 0 Å². The van der Waals surface area contributed by atoms with Gasteiger partial charge in [-0.15, -0.1) is 0 Å². The van der Waals surface area contributed by atoms with Gasteiger partial charge in [0.15, 0.2) is 0 Å². The zero-order valence-corrected chi connectivity index (χ0v) is 8.31. The lowest BCUT2D eigenvalue weighted by atomic mass is 10.1. The maximum Gasteiger partial charge on any atom is -0.0252 e. The second-order valence-electron chi connectivity index (χ2n) is 3.64. The van der Waals surface area contributed by atoms with Crippen LogP contribution in [0.3, 0.4) is 0 Å². The number of aryl methyl sites for hydroxylation is 2. The SMILES string of the molecule is CC(C)=Cc1cc(C)cc(C)c1. The fourth-order valence-electron chi connectivity index (χ4n) is 1.43. The molecule has 0 heterocycles. The van der Waals surface area contributed by atoms with E-state index in [1.165, 1.54) is 22.3 Å². The minimum Gasteiger partial charge on any atom is -0.0758 e. The number of rotatable bonds is 1. The second-order valence-corrected chi connectivity index (χ2v) is 3.64. The van der Waals surface area contributed by atoms with Crippen LogP contribution in [0.25, 0.3) is 6.08 Å². The van der Waals surface area contributed by atoms with Crippen molar-refractivity contribution in [3.63, 3.8) is 0 Å². The number of benzene rings is 1. The van der Waals surface area contributed by atoms with Gasteiger partial charge in [0.1, 0.15) is 0 Å². The Hall–Kier alpha value is -1.04. The third kappa shape index (κ3) is 2.54. The minimum absolute atomic E-state index is 1.31. The van der Waals surface area contributed by atoms with E-state index >= 15 is 0 Å². The largest absolute Gasteiger partial charge is 0.0758 e. The summed E-state index contributed by atoms with van der Waals surface area (Å²) in [5.74, 6) is 0. The molecule has 0 aromatic heterocycles. The van der Waals surface area contributed by atoms with E-state index in [0.29, 0.717) is 0 Å². The van der Waals surface area contributed by atoms with Crippen LogP contribution in [-0.2, 0) is 0 Å². The summed E-state index contributed by atoms with van der Waals surface area (Å²) in [7, 11) is 0. The second kappa shape index (κ2) is 3.57. The average molecular weight is 160 g/mol. The van der Waals surface area contributed by atoms with Crippen LogP contribution < -0.4 is 0 Å². The Morgan fingerprint density at radius 1 is 1.00 bits per heavy atom. The zero-order chi connectivity index (χ0) is 9.14. The Morgan fingerprint density at radius 2 is 1.50 bits per heavy atom. The molecule has 0 N–H and O–H groups in total. The van der Waals surface area contributed by atoms with E-state index in [1.54, 1.807) is 0 Å². The molecule has 1 rings (SSSR count). The van der Waals surface area contributed by atoms with E-state index in [1.807, 2.05) is 0 Å². The summed E-state index contributed by atoms with van der Waals surface area (Å²) in [6.45, 7) is 8.51. The molecule has 0 aliphatic rings. The van der Waals surface area contributed by atoms with Crippen molar-refractivity contribution >= 4 is 6.08 Å². The molecule has 0 aliphatic heterocycles. The molecule has 64 valence electrons. The molecule has 0 atom stereocenters. The van der Waals surface area contributed by atoms with Gasteiger partial charge in [-0.1, -0.05) is 41.0 Å². The van der Waals surface area contributed by atoms with Gasteiger partial charge in [-0.25, -0.2) is 0 Å². The molecule has 1 aromatic carbocycles. The highest BCUT2D eigenvalue weighted by atomic mass is 14.0. The molecule has 0 amide bonds. The molecule has 0 bridgehead atoms. The van der Waals surface area contributed by atoms with Crippen LogP contribution in [0, 0.1) is 13.8 Å². The summed E-state index contributed by atoms with van der Waals surface area (Å²) in [4.78, 5) is 0. The van der Waals surface area contributed by atoms with E-state index in [9.17, 15) is 0 Å². The highest BCUT2D eigenvalue weighted by Crippen LogP contribution is 2.11. The lowest BCUT2D eigenvalue weighted by Crippen LogP contribution is -1.80. The molecule has 0 fully saturated rings. The monoisotopic (exact) mass is 160 g/mol. The maximum atomic E-state index is 2.21. The van der Waals surface area contributed by atoms with Crippen LogP contribution >= 0.6 is 0 Å². The summed E-state index contributed by atoms with van der Waals surface area (Å²) < 4.78 is 0. The van der Waals surface area contributed by atoms with Crippen LogP contribution in [0.2, 0.25) is 0 Å². The van der Waals surface area contributed by atoms with Gasteiger partial charge in [0.05, 0.1) is 0 Å². The van der Waals surface area contributed by atoms with Crippen molar-refractivity contribution in [1.82, 2.24) is 0 Å². The Bertz CT molecular complexity index is 282. The Kier molecular flexibility index (Phi) is 2.69. The molecule has 0 nitrogen and oxygen atoms in total. The number of hydrogen-bond donors (Lipinski definition) is 0. The summed E-state index contributed by atoms with van der Waals surface area (Å²) in [6, 6.07) is 6.61. The molecular formula is C12H16. The lowest BCUT2D eigenvalue weighted by Gasteiger charge is -2.00. The molecule has 0 aliphatic carbocycles. The van der Waals surface area contributed by atoms with Crippen LogP contribution in [0.1, 0.15) is 30.5 Å². The molecule has 0 saturated carbocycles. The van der Waals surface area contributed by atoms with E-state index < -0.39 is 0 Å². The van der Waals surface area contributed by atoms with E-state index in [2.05, 4.69) is 52.0 Å². The molecule has 0 spiro atoms. The molecule has 0 radical (unpaired) electrons. The van der Waals surface area contributed by atoms with E-state index in [0.717, 1.165) is 0 Å². The van der Waals surface area contributed by atoms with Crippen molar-refractivity contribution in [2.24, 2.45) is 0 Å². The zero-order valence-electron chi connectivity index (χ0n) is 8.31. The Labute approximate surface area is 74.9 Å². The topological polar surface area (TPSA) is 0 Å². The fourth-order valence-corrected chi connectivity index (χ4v) is 1.43. The van der Waals surface area contributed by atoms with Crippen LogP contribution in [0.4, 0.5) is 0 Å². The van der Waals surface area contributed by atoms with Gasteiger partial charge in [-0.05, 0) is 33.3 Å². The summed E-state index contributed by atoms with van der Waals surface area (Å²) in [5, 5.41) is 0. The quantitative estimate of drug-likeness (QED) is 0.587. The highest BCUT2D eigenvalue weighted by molar-refractivity contribution is 5.53. The van der Waals surface area contributed by atoms with Gasteiger partial charge in [0.25, 0.3) is 0 Å². The van der Waals surface area contributed by atoms with Crippen molar-refractivity contribution in [1.29, 1.82) is 0 Å². The Morgan fingerprint density at radius 3 is 1.92 bits per heavy atom. The first-order valence-electron chi connectivity index (χ1n) is 4.31. The number of allylic oxidation sites excluding steroid dienone is 1. The van der Waals surface area contributed by atoms with Crippen molar-refractivity contribution in [3.8, 4) is 0 Å². The summed E-state index contributed by atoms with van der Waals surface area (Å²) >= 11 is 0. The van der Waals surface area contributed by atoms with Gasteiger partial charge in [-0.2, -0.15) is 0 Å². The van der Waals surface area contributed by atoms with Gasteiger partial charge in [-0.3, -0.25) is 0 Å². The fraction of sp³-hybridized carbons (Fsp3) is 0.333. The third-order valence-electron chi connectivity index (χ3n) is 1.70. The minimum atomic E-state index is 1.31. The molecule has 0 saturated heterocycles. The van der Waals surface area contributed by atoms with Crippen molar-refractivity contribution in [2.75, 3.05) is 0 Å². The van der Waals surface area contributed by atoms with Crippen molar-refractivity contribution in [2.45, 2.75) is 27.7 Å². The van der Waals surface area contributed by atoms with Crippen LogP contribution in [-0.4, -0.2) is 0 Å². The molecule has 0 heteroatoms. The molecule has 0 unspecified atom stereocenters. The first kappa shape index (κ1) is 9.05. The van der Waals surface area contributed by atoms with Gasteiger partial charge in [0, 0.05) is 0 Å². The van der Waals surface area contributed by atoms with Crippen molar-refractivity contribution in [3.05, 3.63) is 40.5 Å². The summed E-state index contributed by atoms with van der Waals surface area (Å²) in [5.41, 5.74) is 5.33. The van der Waals surface area contributed by atoms with Gasteiger partial charge < -0.3 is 0 Å². The maximum absolute atomic E-state index is 2.21. The molecular weight excluding hydrogens is 144 g/mol. The lowest BCUT2D eigenvalue weighted by molar-refractivity contribution is 1.36. The average Bonchev–Trinajstić information content (AvgIpc) is 1.81. The van der Waals surface area contributed by atoms with Gasteiger partial charge >= 0.3 is 0 Å². The molecule has 12 heavy (non-hydrogen) atoms. The predicted molar refractivity (Wildman–Crippen MR) is 55.2 cm³/mol. The number of hydrogen-bond acceptors (Lipinski definition) is 0. The molecule has 1 aromatic rings. The van der Waals surface area contributed by atoms with Crippen LogP contribution in [0.5, 0.6) is 0 Å². The predicted octanol–water partition coefficient (Wildman–Crippen LogP) is 3.73. The van der Waals surface area contributed by atoms with E-state index in [-0.39, 0.29) is 0 Å². The normalized spacial score (nSPS) is 9.67. The highest BCUT2D eigenvalue weighted by Gasteiger charge is 1.91.